The highest BCUT2D eigenvalue weighted by molar-refractivity contribution is 5.79. The van der Waals surface area contributed by atoms with Crippen LogP contribution < -0.4 is 14.2 Å². The van der Waals surface area contributed by atoms with Crippen LogP contribution in [0.5, 0.6) is 17.2 Å². The molecule has 8 heteroatoms. The van der Waals surface area contributed by atoms with E-state index in [1.165, 1.54) is 0 Å². The van der Waals surface area contributed by atoms with Crippen LogP contribution in [-0.4, -0.2) is 54.4 Å². The normalized spacial score (nSPS) is 15.8. The number of hydrogen-bond donors (Lipinski definition) is 0. The summed E-state index contributed by atoms with van der Waals surface area (Å²) in [6, 6.07) is 13.4. The van der Waals surface area contributed by atoms with Gasteiger partial charge < -0.3 is 23.6 Å². The Morgan fingerprint density at radius 2 is 1.85 bits per heavy atom. The molecular formula is C25H29N3O5. The first-order chi connectivity index (χ1) is 16.0. The van der Waals surface area contributed by atoms with Crippen molar-refractivity contribution in [2.75, 3.05) is 27.3 Å². The Morgan fingerprint density at radius 1 is 1.09 bits per heavy atom. The Kier molecular flexibility index (Phi) is 6.82. The Morgan fingerprint density at radius 3 is 2.55 bits per heavy atom. The van der Waals surface area contributed by atoms with Gasteiger partial charge in [-0.15, -0.1) is 0 Å². The van der Waals surface area contributed by atoms with Crippen molar-refractivity contribution in [2.24, 2.45) is 0 Å². The summed E-state index contributed by atoms with van der Waals surface area (Å²) in [6.45, 7) is 5.15. The number of aromatic nitrogens is 2. The molecule has 3 aromatic rings. The predicted octanol–water partition coefficient (Wildman–Crippen LogP) is 4.10. The van der Waals surface area contributed by atoms with Crippen molar-refractivity contribution in [1.82, 2.24) is 15.0 Å². The van der Waals surface area contributed by atoms with E-state index in [0.29, 0.717) is 42.7 Å². The lowest BCUT2D eigenvalue weighted by Crippen LogP contribution is -2.27. The van der Waals surface area contributed by atoms with Gasteiger partial charge in [0.1, 0.15) is 5.75 Å². The third-order valence-corrected chi connectivity index (χ3v) is 5.61. The predicted molar refractivity (Wildman–Crippen MR) is 123 cm³/mol. The second-order valence-electron chi connectivity index (χ2n) is 8.33. The number of benzene rings is 2. The quantitative estimate of drug-likeness (QED) is 0.484. The van der Waals surface area contributed by atoms with Crippen molar-refractivity contribution in [3.63, 3.8) is 0 Å². The van der Waals surface area contributed by atoms with Crippen LogP contribution in [0, 0.1) is 0 Å². The highest BCUT2D eigenvalue weighted by Crippen LogP contribution is 2.31. The van der Waals surface area contributed by atoms with Crippen molar-refractivity contribution in [2.45, 2.75) is 38.7 Å². The molecule has 0 N–H and O–H groups in total. The molecule has 1 aliphatic heterocycles. The summed E-state index contributed by atoms with van der Waals surface area (Å²) in [4.78, 5) is 19.0. The highest BCUT2D eigenvalue weighted by Gasteiger charge is 2.34. The SMILES string of the molecule is COc1ccc(CCN2CC(c3nc(-c4ccc(OC(C)C)cc4)no3)CC2=O)cc1OC. The van der Waals surface area contributed by atoms with Gasteiger partial charge in [-0.1, -0.05) is 11.2 Å². The van der Waals surface area contributed by atoms with Crippen molar-refractivity contribution in [3.8, 4) is 28.6 Å². The number of methoxy groups -OCH3 is 2. The number of nitrogens with zero attached hydrogens (tertiary/aromatic N) is 3. The minimum atomic E-state index is -0.104. The Labute approximate surface area is 193 Å². The summed E-state index contributed by atoms with van der Waals surface area (Å²) in [7, 11) is 3.22. The van der Waals surface area contributed by atoms with E-state index in [1.807, 2.05) is 61.2 Å². The van der Waals surface area contributed by atoms with E-state index in [9.17, 15) is 4.79 Å². The van der Waals surface area contributed by atoms with Crippen LogP contribution in [0.4, 0.5) is 0 Å². The van der Waals surface area contributed by atoms with E-state index in [4.69, 9.17) is 18.7 Å². The van der Waals surface area contributed by atoms with E-state index >= 15 is 0 Å². The molecule has 1 aliphatic rings. The number of ether oxygens (including phenoxy) is 3. The number of rotatable bonds is 9. The maximum Gasteiger partial charge on any atom is 0.232 e. The van der Waals surface area contributed by atoms with Gasteiger partial charge in [-0.2, -0.15) is 4.98 Å². The highest BCUT2D eigenvalue weighted by atomic mass is 16.5. The van der Waals surface area contributed by atoms with Crippen LogP contribution >= 0.6 is 0 Å². The van der Waals surface area contributed by atoms with Crippen LogP contribution in [0.3, 0.4) is 0 Å². The van der Waals surface area contributed by atoms with Crippen molar-refractivity contribution >= 4 is 5.91 Å². The Bertz CT molecular complexity index is 1090. The van der Waals surface area contributed by atoms with Crippen LogP contribution in [0.2, 0.25) is 0 Å². The minimum Gasteiger partial charge on any atom is -0.493 e. The third kappa shape index (κ3) is 5.27. The van der Waals surface area contributed by atoms with E-state index < -0.39 is 0 Å². The van der Waals surface area contributed by atoms with Gasteiger partial charge in [-0.05, 0) is 62.2 Å². The molecule has 0 saturated carbocycles. The van der Waals surface area contributed by atoms with Gasteiger partial charge in [-0.3, -0.25) is 4.79 Å². The van der Waals surface area contributed by atoms with Gasteiger partial charge in [-0.25, -0.2) is 0 Å². The molecule has 174 valence electrons. The molecule has 0 radical (unpaired) electrons. The molecule has 0 bridgehead atoms. The lowest BCUT2D eigenvalue weighted by Gasteiger charge is -2.16. The summed E-state index contributed by atoms with van der Waals surface area (Å²) < 4.78 is 21.8. The lowest BCUT2D eigenvalue weighted by atomic mass is 10.1. The summed E-state index contributed by atoms with van der Waals surface area (Å²) >= 11 is 0. The molecule has 1 unspecified atom stereocenters. The van der Waals surface area contributed by atoms with Crippen molar-refractivity contribution in [1.29, 1.82) is 0 Å². The summed E-state index contributed by atoms with van der Waals surface area (Å²) in [6.07, 6.45) is 1.20. The van der Waals surface area contributed by atoms with Crippen LogP contribution in [-0.2, 0) is 11.2 Å². The van der Waals surface area contributed by atoms with E-state index in [0.717, 1.165) is 23.3 Å². The monoisotopic (exact) mass is 451 g/mol. The number of carbonyl (C=O) groups excluding carboxylic acids is 1. The molecule has 4 rings (SSSR count). The molecule has 8 nitrogen and oxygen atoms in total. The van der Waals surface area contributed by atoms with Gasteiger partial charge >= 0.3 is 0 Å². The minimum absolute atomic E-state index is 0.0930. The standard InChI is InChI=1S/C25H29N3O5/c1-16(2)32-20-8-6-18(7-9-20)24-26-25(33-27-24)19-14-23(29)28(15-19)12-11-17-5-10-21(30-3)22(13-17)31-4/h5-10,13,16,19H,11-12,14-15H2,1-4H3. The van der Waals surface area contributed by atoms with Gasteiger partial charge in [0.2, 0.25) is 17.6 Å². The van der Waals surface area contributed by atoms with E-state index in [1.54, 1.807) is 14.2 Å². The topological polar surface area (TPSA) is 86.9 Å². The fourth-order valence-corrected chi connectivity index (χ4v) is 3.93. The average molecular weight is 452 g/mol. The van der Waals surface area contributed by atoms with Crippen LogP contribution in [0.25, 0.3) is 11.4 Å². The van der Waals surface area contributed by atoms with E-state index in [-0.39, 0.29) is 17.9 Å². The molecule has 1 fully saturated rings. The lowest BCUT2D eigenvalue weighted by molar-refractivity contribution is -0.127. The Hall–Kier alpha value is -3.55. The molecule has 2 heterocycles. The molecule has 2 aromatic carbocycles. The zero-order chi connectivity index (χ0) is 23.4. The zero-order valence-corrected chi connectivity index (χ0v) is 19.4. The smallest absolute Gasteiger partial charge is 0.232 e. The second kappa shape index (κ2) is 9.94. The third-order valence-electron chi connectivity index (χ3n) is 5.61. The zero-order valence-electron chi connectivity index (χ0n) is 19.4. The first-order valence-corrected chi connectivity index (χ1v) is 11.1. The van der Waals surface area contributed by atoms with E-state index in [2.05, 4.69) is 10.1 Å². The summed E-state index contributed by atoms with van der Waals surface area (Å²) in [5.41, 5.74) is 1.92. The molecule has 1 saturated heterocycles. The molecule has 1 atom stereocenters. The molecule has 1 aromatic heterocycles. The van der Waals surface area contributed by atoms with Gasteiger partial charge in [0.15, 0.2) is 11.5 Å². The summed E-state index contributed by atoms with van der Waals surface area (Å²) in [5, 5.41) is 4.12. The van der Waals surface area contributed by atoms with Gasteiger partial charge in [0.05, 0.1) is 26.2 Å². The number of likely N-dealkylation sites (tertiary alicyclic amines) is 1. The number of hydrogen-bond acceptors (Lipinski definition) is 7. The fourth-order valence-electron chi connectivity index (χ4n) is 3.93. The van der Waals surface area contributed by atoms with Crippen molar-refractivity contribution in [3.05, 3.63) is 53.9 Å². The second-order valence-corrected chi connectivity index (χ2v) is 8.33. The number of carbonyl (C=O) groups is 1. The maximum absolute atomic E-state index is 12.6. The average Bonchev–Trinajstić information content (AvgIpc) is 3.44. The first-order valence-electron chi connectivity index (χ1n) is 11.1. The van der Waals surface area contributed by atoms with Gasteiger partial charge in [0, 0.05) is 25.1 Å². The first kappa shape index (κ1) is 22.6. The summed E-state index contributed by atoms with van der Waals surface area (Å²) in [5.74, 6) is 3.16. The molecular weight excluding hydrogens is 422 g/mol. The largest absolute Gasteiger partial charge is 0.493 e. The van der Waals surface area contributed by atoms with Crippen LogP contribution in [0.15, 0.2) is 47.0 Å². The molecule has 0 spiro atoms. The number of amides is 1. The molecule has 33 heavy (non-hydrogen) atoms. The maximum atomic E-state index is 12.6. The fraction of sp³-hybridized carbons (Fsp3) is 0.400. The van der Waals surface area contributed by atoms with Gasteiger partial charge in [0.25, 0.3) is 0 Å². The Balaban J connectivity index is 1.37. The molecule has 0 aliphatic carbocycles. The molecule has 1 amide bonds. The van der Waals surface area contributed by atoms with Crippen molar-refractivity contribution < 1.29 is 23.5 Å². The van der Waals surface area contributed by atoms with Crippen LogP contribution in [0.1, 0.15) is 37.6 Å².